The van der Waals surface area contributed by atoms with Gasteiger partial charge in [-0.1, -0.05) is 0 Å². The van der Waals surface area contributed by atoms with Gasteiger partial charge >= 0.3 is 0 Å². The van der Waals surface area contributed by atoms with Crippen molar-refractivity contribution in [2.75, 3.05) is 21.3 Å². The van der Waals surface area contributed by atoms with E-state index in [1.165, 1.54) is 7.11 Å². The zero-order valence-corrected chi connectivity index (χ0v) is 11.3. The summed E-state index contributed by atoms with van der Waals surface area (Å²) in [6.07, 6.45) is 0.616. The summed E-state index contributed by atoms with van der Waals surface area (Å²) in [4.78, 5) is 23.5. The lowest BCUT2D eigenvalue weighted by molar-refractivity contribution is -0.120. The molecule has 5 nitrogen and oxygen atoms in total. The highest BCUT2D eigenvalue weighted by atomic mass is 16.5. The highest BCUT2D eigenvalue weighted by molar-refractivity contribution is 6.03. The van der Waals surface area contributed by atoms with E-state index in [1.807, 2.05) is 0 Å². The van der Waals surface area contributed by atoms with E-state index in [0.29, 0.717) is 23.5 Å². The average molecular weight is 263 g/mol. The number of fused-ring (bicyclic) bond motifs is 1. The van der Waals surface area contributed by atoms with Crippen molar-refractivity contribution in [3.8, 4) is 11.5 Å². The molecule has 1 aromatic carbocycles. The number of rotatable bonds is 4. The van der Waals surface area contributed by atoms with Crippen LogP contribution in [0.4, 0.5) is 0 Å². The zero-order valence-electron chi connectivity index (χ0n) is 11.3. The molecule has 0 aliphatic heterocycles. The van der Waals surface area contributed by atoms with Crippen LogP contribution in [-0.4, -0.2) is 33.0 Å². The standard InChI is InChI=1S/C14H17NO4/c1-15-12(17)7-8-6-10(16)9-4-5-11(18-2)14(19-3)13(8)9/h4-5,8H,6-7H2,1-3H3,(H,15,17). The van der Waals surface area contributed by atoms with Crippen molar-refractivity contribution in [1.29, 1.82) is 0 Å². The Hall–Kier alpha value is -2.04. The first-order chi connectivity index (χ1) is 9.12. The Balaban J connectivity index is 2.47. The fourth-order valence-electron chi connectivity index (χ4n) is 2.54. The molecule has 0 aromatic heterocycles. The molecule has 2 rings (SSSR count). The van der Waals surface area contributed by atoms with Crippen LogP contribution in [0.1, 0.15) is 34.7 Å². The summed E-state index contributed by atoms with van der Waals surface area (Å²) in [6.45, 7) is 0. The Morgan fingerprint density at radius 1 is 1.37 bits per heavy atom. The second-order valence-electron chi connectivity index (χ2n) is 4.46. The van der Waals surface area contributed by atoms with E-state index in [-0.39, 0.29) is 24.0 Å². The third-order valence-electron chi connectivity index (χ3n) is 3.44. The van der Waals surface area contributed by atoms with Gasteiger partial charge in [-0.15, -0.1) is 0 Å². The summed E-state index contributed by atoms with van der Waals surface area (Å²) >= 11 is 0. The third-order valence-corrected chi connectivity index (χ3v) is 3.44. The Morgan fingerprint density at radius 2 is 2.11 bits per heavy atom. The van der Waals surface area contributed by atoms with Crippen molar-refractivity contribution in [1.82, 2.24) is 5.32 Å². The number of ketones is 1. The normalized spacial score (nSPS) is 17.0. The predicted molar refractivity (Wildman–Crippen MR) is 69.9 cm³/mol. The van der Waals surface area contributed by atoms with Gasteiger partial charge in [-0.2, -0.15) is 0 Å². The van der Waals surface area contributed by atoms with E-state index >= 15 is 0 Å². The van der Waals surface area contributed by atoms with E-state index in [0.717, 1.165) is 5.56 Å². The first-order valence-electron chi connectivity index (χ1n) is 6.11. The lowest BCUT2D eigenvalue weighted by Crippen LogP contribution is -2.20. The van der Waals surface area contributed by atoms with E-state index in [1.54, 1.807) is 26.3 Å². The molecule has 0 radical (unpaired) electrons. The van der Waals surface area contributed by atoms with Crippen LogP contribution in [0.2, 0.25) is 0 Å². The summed E-state index contributed by atoms with van der Waals surface area (Å²) < 4.78 is 10.6. The van der Waals surface area contributed by atoms with Crippen molar-refractivity contribution >= 4 is 11.7 Å². The maximum absolute atomic E-state index is 12.0. The van der Waals surface area contributed by atoms with Crippen LogP contribution in [0.3, 0.4) is 0 Å². The summed E-state index contributed by atoms with van der Waals surface area (Å²) in [6, 6.07) is 3.46. The quantitative estimate of drug-likeness (QED) is 0.894. The van der Waals surface area contributed by atoms with Crippen molar-refractivity contribution in [2.45, 2.75) is 18.8 Å². The molecule has 0 bridgehead atoms. The molecular formula is C14H17NO4. The lowest BCUT2D eigenvalue weighted by atomic mass is 9.96. The zero-order chi connectivity index (χ0) is 14.0. The van der Waals surface area contributed by atoms with Gasteiger partial charge in [0, 0.05) is 36.9 Å². The van der Waals surface area contributed by atoms with E-state index < -0.39 is 0 Å². The maximum atomic E-state index is 12.0. The molecular weight excluding hydrogens is 246 g/mol. The first-order valence-corrected chi connectivity index (χ1v) is 6.11. The lowest BCUT2D eigenvalue weighted by Gasteiger charge is -2.16. The smallest absolute Gasteiger partial charge is 0.220 e. The SMILES string of the molecule is CNC(=O)CC1CC(=O)c2ccc(OC)c(OC)c21. The second-order valence-corrected chi connectivity index (χ2v) is 4.46. The number of amides is 1. The van der Waals surface area contributed by atoms with Gasteiger partial charge in [0.2, 0.25) is 5.91 Å². The first kappa shape index (κ1) is 13.4. The highest BCUT2D eigenvalue weighted by Crippen LogP contribution is 2.45. The molecule has 0 saturated heterocycles. The van der Waals surface area contributed by atoms with Crippen LogP contribution >= 0.6 is 0 Å². The predicted octanol–water partition coefficient (Wildman–Crippen LogP) is 1.51. The molecule has 1 aliphatic carbocycles. The van der Waals surface area contributed by atoms with Gasteiger partial charge in [-0.25, -0.2) is 0 Å². The molecule has 0 spiro atoms. The highest BCUT2D eigenvalue weighted by Gasteiger charge is 2.34. The fraction of sp³-hybridized carbons (Fsp3) is 0.429. The van der Waals surface area contributed by atoms with E-state index in [9.17, 15) is 9.59 Å². The second kappa shape index (κ2) is 5.30. The largest absolute Gasteiger partial charge is 0.493 e. The van der Waals surface area contributed by atoms with Gasteiger partial charge in [0.15, 0.2) is 17.3 Å². The number of nitrogens with one attached hydrogen (secondary N) is 1. The van der Waals surface area contributed by atoms with Gasteiger partial charge in [0.1, 0.15) is 0 Å². The fourth-order valence-corrected chi connectivity index (χ4v) is 2.54. The molecule has 19 heavy (non-hydrogen) atoms. The summed E-state index contributed by atoms with van der Waals surface area (Å²) in [5, 5.41) is 2.58. The molecule has 1 aliphatic rings. The number of hydrogen-bond donors (Lipinski definition) is 1. The summed E-state index contributed by atoms with van der Waals surface area (Å²) in [5.41, 5.74) is 1.42. The number of carbonyl (C=O) groups is 2. The Labute approximate surface area is 111 Å². The van der Waals surface area contributed by atoms with Crippen LogP contribution in [-0.2, 0) is 4.79 Å². The molecule has 1 aromatic rings. The number of methoxy groups -OCH3 is 2. The summed E-state index contributed by atoms with van der Waals surface area (Å²) in [7, 11) is 4.68. The Bertz CT molecular complexity index is 524. The Morgan fingerprint density at radius 3 is 2.68 bits per heavy atom. The molecule has 1 unspecified atom stereocenters. The molecule has 0 saturated carbocycles. The Kier molecular flexibility index (Phi) is 3.74. The topological polar surface area (TPSA) is 64.6 Å². The summed E-state index contributed by atoms with van der Waals surface area (Å²) in [5.74, 6) is 0.950. The van der Waals surface area contributed by atoms with Crippen LogP contribution in [0.25, 0.3) is 0 Å². The number of ether oxygens (including phenoxy) is 2. The van der Waals surface area contributed by atoms with Crippen LogP contribution in [0.5, 0.6) is 11.5 Å². The average Bonchev–Trinajstić information content (AvgIpc) is 2.74. The van der Waals surface area contributed by atoms with Gasteiger partial charge in [-0.05, 0) is 12.1 Å². The maximum Gasteiger partial charge on any atom is 0.220 e. The van der Waals surface area contributed by atoms with Crippen molar-refractivity contribution in [2.24, 2.45) is 0 Å². The van der Waals surface area contributed by atoms with E-state index in [2.05, 4.69) is 5.32 Å². The number of benzene rings is 1. The minimum absolute atomic E-state index is 0.0462. The number of hydrogen-bond acceptors (Lipinski definition) is 4. The van der Waals surface area contributed by atoms with Crippen molar-refractivity contribution in [3.63, 3.8) is 0 Å². The third kappa shape index (κ3) is 2.28. The molecule has 5 heteroatoms. The minimum atomic E-state index is -0.146. The van der Waals surface area contributed by atoms with Gasteiger partial charge in [-0.3, -0.25) is 9.59 Å². The van der Waals surface area contributed by atoms with Gasteiger partial charge in [0.05, 0.1) is 14.2 Å². The van der Waals surface area contributed by atoms with Crippen LogP contribution in [0.15, 0.2) is 12.1 Å². The van der Waals surface area contributed by atoms with Crippen LogP contribution < -0.4 is 14.8 Å². The monoisotopic (exact) mass is 263 g/mol. The van der Waals surface area contributed by atoms with Gasteiger partial charge in [0.25, 0.3) is 0 Å². The molecule has 102 valence electrons. The van der Waals surface area contributed by atoms with Crippen molar-refractivity contribution in [3.05, 3.63) is 23.3 Å². The minimum Gasteiger partial charge on any atom is -0.493 e. The molecule has 1 N–H and O–H groups in total. The van der Waals surface area contributed by atoms with E-state index in [4.69, 9.17) is 9.47 Å². The van der Waals surface area contributed by atoms with Gasteiger partial charge < -0.3 is 14.8 Å². The number of Topliss-reactive ketones (excluding diaryl/α,β-unsaturated/α-hetero) is 1. The van der Waals surface area contributed by atoms with Crippen molar-refractivity contribution < 1.29 is 19.1 Å². The molecule has 0 fully saturated rings. The van der Waals surface area contributed by atoms with Crippen LogP contribution in [0, 0.1) is 0 Å². The molecule has 1 atom stereocenters. The molecule has 0 heterocycles. The molecule has 1 amide bonds. The number of carbonyl (C=O) groups excluding carboxylic acids is 2.